The number of rotatable bonds is 26. The highest BCUT2D eigenvalue weighted by molar-refractivity contribution is 5.84. The van der Waals surface area contributed by atoms with Gasteiger partial charge in [0, 0.05) is 32.4 Å². The first-order chi connectivity index (χ1) is 18.3. The van der Waals surface area contributed by atoms with Crippen LogP contribution in [-0.2, 0) is 33.4 Å². The number of unbranched alkanes of at least 4 members (excludes halogenated alkanes) is 7. The average Bonchev–Trinajstić information content (AvgIpc) is 2.87. The minimum atomic E-state index is -1.19. The molecule has 0 fully saturated rings. The second-order valence-electron chi connectivity index (χ2n) is 8.81. The fraction of sp³-hybridized carbons (Fsp3) is 0.800. The number of aliphatic hydroxyl groups excluding tert-OH is 1. The summed E-state index contributed by atoms with van der Waals surface area (Å²) in [5, 5.41) is 34.1. The highest BCUT2D eigenvalue weighted by Crippen LogP contribution is 2.11. The number of carbonyl (C=O) groups is 5. The van der Waals surface area contributed by atoms with Gasteiger partial charge in [0.15, 0.2) is 0 Å². The lowest BCUT2D eigenvalue weighted by atomic mass is 10.1. The Morgan fingerprint density at radius 3 is 1.82 bits per heavy atom. The summed E-state index contributed by atoms with van der Waals surface area (Å²) < 4.78 is 10.4. The Hall–Kier alpha value is -2.77. The number of hydrogen-bond acceptors (Lipinski definition) is 8. The zero-order valence-electron chi connectivity index (χ0n) is 22.2. The van der Waals surface area contributed by atoms with Crippen LogP contribution in [0.25, 0.3) is 0 Å². The summed E-state index contributed by atoms with van der Waals surface area (Å²) in [4.78, 5) is 57.2. The standard InChI is InChI=1S/C25H45N3O10/c29-15-13-26-23(32)19-38-18-17-37-16-14-27-21(30)12-11-20(25(35)36)28-22(31)9-7-5-3-1-2-4-6-8-10-24(33)34/h20,29H,1-19H2,(H,26,32)(H,27,30)(H,28,31)(H,33,34)(H,35,36)/t20-/m0/s1. The number of ether oxygens (including phenoxy) is 2. The Morgan fingerprint density at radius 2 is 1.21 bits per heavy atom. The molecular weight excluding hydrogens is 502 g/mol. The number of nitrogens with one attached hydrogen (secondary N) is 3. The zero-order chi connectivity index (χ0) is 28.4. The van der Waals surface area contributed by atoms with E-state index in [1.165, 1.54) is 0 Å². The molecule has 0 rings (SSSR count). The lowest BCUT2D eigenvalue weighted by Gasteiger charge is -2.14. The van der Waals surface area contributed by atoms with E-state index in [9.17, 15) is 29.1 Å². The van der Waals surface area contributed by atoms with Gasteiger partial charge in [-0.05, 0) is 19.3 Å². The second kappa shape index (κ2) is 24.6. The maximum Gasteiger partial charge on any atom is 0.326 e. The largest absolute Gasteiger partial charge is 0.481 e. The van der Waals surface area contributed by atoms with Crippen LogP contribution in [0.3, 0.4) is 0 Å². The van der Waals surface area contributed by atoms with Crippen LogP contribution in [0.1, 0.15) is 77.0 Å². The van der Waals surface area contributed by atoms with Gasteiger partial charge in [-0.3, -0.25) is 19.2 Å². The third-order valence-corrected chi connectivity index (χ3v) is 5.45. The third kappa shape index (κ3) is 23.6. The van der Waals surface area contributed by atoms with Gasteiger partial charge in [0.2, 0.25) is 17.7 Å². The van der Waals surface area contributed by atoms with Crippen molar-refractivity contribution in [3.8, 4) is 0 Å². The van der Waals surface area contributed by atoms with Crippen molar-refractivity contribution < 1.29 is 48.8 Å². The number of hydrogen-bond donors (Lipinski definition) is 6. The molecular formula is C25H45N3O10. The molecule has 0 saturated heterocycles. The molecule has 13 nitrogen and oxygen atoms in total. The van der Waals surface area contributed by atoms with E-state index in [4.69, 9.17) is 19.7 Å². The van der Waals surface area contributed by atoms with Crippen LogP contribution in [0.15, 0.2) is 0 Å². The van der Waals surface area contributed by atoms with Crippen LogP contribution in [0.5, 0.6) is 0 Å². The van der Waals surface area contributed by atoms with Gasteiger partial charge in [-0.15, -0.1) is 0 Å². The van der Waals surface area contributed by atoms with Gasteiger partial charge in [-0.1, -0.05) is 38.5 Å². The van der Waals surface area contributed by atoms with Gasteiger partial charge in [0.05, 0.1) is 26.4 Å². The Morgan fingerprint density at radius 1 is 0.632 bits per heavy atom. The molecule has 38 heavy (non-hydrogen) atoms. The normalized spacial score (nSPS) is 11.5. The van der Waals surface area contributed by atoms with Crippen molar-refractivity contribution in [1.29, 1.82) is 0 Å². The molecule has 0 aliphatic carbocycles. The summed E-state index contributed by atoms with van der Waals surface area (Å²) in [6.45, 7) is 0.744. The summed E-state index contributed by atoms with van der Waals surface area (Å²) in [6, 6.07) is -1.14. The van der Waals surface area contributed by atoms with Crippen molar-refractivity contribution in [2.45, 2.75) is 83.1 Å². The fourth-order valence-corrected chi connectivity index (χ4v) is 3.40. The van der Waals surface area contributed by atoms with E-state index in [-0.39, 0.29) is 89.5 Å². The van der Waals surface area contributed by atoms with Crippen LogP contribution in [0.4, 0.5) is 0 Å². The van der Waals surface area contributed by atoms with Gasteiger partial charge in [0.25, 0.3) is 0 Å². The van der Waals surface area contributed by atoms with Crippen LogP contribution in [-0.4, -0.2) is 97.1 Å². The third-order valence-electron chi connectivity index (χ3n) is 5.45. The molecule has 0 bridgehead atoms. The molecule has 0 aromatic rings. The predicted molar refractivity (Wildman–Crippen MR) is 137 cm³/mol. The van der Waals surface area contributed by atoms with Crippen LogP contribution in [0, 0.1) is 0 Å². The summed E-state index contributed by atoms with van der Waals surface area (Å²) in [6.07, 6.45) is 7.48. The number of carboxylic acid groups (broad SMARTS) is 2. The zero-order valence-corrected chi connectivity index (χ0v) is 22.2. The summed E-state index contributed by atoms with van der Waals surface area (Å²) in [5.41, 5.74) is 0. The van der Waals surface area contributed by atoms with Crippen molar-refractivity contribution in [3.63, 3.8) is 0 Å². The molecule has 0 heterocycles. The van der Waals surface area contributed by atoms with Gasteiger partial charge in [-0.2, -0.15) is 0 Å². The van der Waals surface area contributed by atoms with Gasteiger partial charge in [-0.25, -0.2) is 4.79 Å². The van der Waals surface area contributed by atoms with Crippen molar-refractivity contribution >= 4 is 29.7 Å². The van der Waals surface area contributed by atoms with Crippen LogP contribution >= 0.6 is 0 Å². The first-order valence-electron chi connectivity index (χ1n) is 13.3. The molecule has 13 heteroatoms. The quantitative estimate of drug-likeness (QED) is 0.0832. The van der Waals surface area contributed by atoms with Crippen molar-refractivity contribution in [2.24, 2.45) is 0 Å². The second-order valence-corrected chi connectivity index (χ2v) is 8.81. The topological polar surface area (TPSA) is 201 Å². The fourth-order valence-electron chi connectivity index (χ4n) is 3.40. The Balaban J connectivity index is 3.78. The Labute approximate surface area is 224 Å². The van der Waals surface area contributed by atoms with Crippen molar-refractivity contribution in [1.82, 2.24) is 16.0 Å². The molecule has 220 valence electrons. The number of aliphatic carboxylic acids is 2. The lowest BCUT2D eigenvalue weighted by molar-refractivity contribution is -0.142. The lowest BCUT2D eigenvalue weighted by Crippen LogP contribution is -2.41. The highest BCUT2D eigenvalue weighted by atomic mass is 16.5. The molecule has 0 spiro atoms. The Bertz CT molecular complexity index is 690. The van der Waals surface area contributed by atoms with Gasteiger partial charge in [0.1, 0.15) is 12.6 Å². The molecule has 0 radical (unpaired) electrons. The van der Waals surface area contributed by atoms with Gasteiger partial charge >= 0.3 is 11.9 Å². The molecule has 0 aromatic heterocycles. The first-order valence-corrected chi connectivity index (χ1v) is 13.3. The van der Waals surface area contributed by atoms with E-state index in [1.54, 1.807) is 0 Å². The van der Waals surface area contributed by atoms with E-state index >= 15 is 0 Å². The minimum Gasteiger partial charge on any atom is -0.481 e. The van der Waals surface area contributed by atoms with E-state index in [0.717, 1.165) is 38.5 Å². The summed E-state index contributed by atoms with van der Waals surface area (Å²) >= 11 is 0. The number of carbonyl (C=O) groups excluding carboxylic acids is 3. The van der Waals surface area contributed by atoms with E-state index in [2.05, 4.69) is 16.0 Å². The van der Waals surface area contributed by atoms with Crippen molar-refractivity contribution in [3.05, 3.63) is 0 Å². The molecule has 0 aliphatic rings. The van der Waals surface area contributed by atoms with E-state index in [0.29, 0.717) is 12.8 Å². The average molecular weight is 548 g/mol. The van der Waals surface area contributed by atoms with E-state index in [1.807, 2.05) is 0 Å². The van der Waals surface area contributed by atoms with Crippen LogP contribution in [0.2, 0.25) is 0 Å². The summed E-state index contributed by atoms with van der Waals surface area (Å²) in [5.74, 6) is -3.00. The Kier molecular flexibility index (Phi) is 22.8. The molecule has 3 amide bonds. The van der Waals surface area contributed by atoms with Crippen molar-refractivity contribution in [2.75, 3.05) is 46.1 Å². The molecule has 6 N–H and O–H groups in total. The summed E-state index contributed by atoms with van der Waals surface area (Å²) in [7, 11) is 0. The molecule has 0 aromatic carbocycles. The smallest absolute Gasteiger partial charge is 0.326 e. The molecule has 1 atom stereocenters. The monoisotopic (exact) mass is 547 g/mol. The maximum absolute atomic E-state index is 12.1. The number of aliphatic hydroxyl groups is 1. The van der Waals surface area contributed by atoms with E-state index < -0.39 is 18.0 Å². The molecule has 0 unspecified atom stereocenters. The minimum absolute atomic E-state index is 0.0260. The predicted octanol–water partition coefficient (Wildman–Crippen LogP) is 0.580. The molecule has 0 aliphatic heterocycles. The SMILES string of the molecule is O=C(O)CCCCCCCCCCC(=O)N[C@@H](CCC(=O)NCCOCCOCC(=O)NCCO)C(=O)O. The number of carboxylic acids is 2. The van der Waals surface area contributed by atoms with Gasteiger partial charge < -0.3 is 40.7 Å². The van der Waals surface area contributed by atoms with Crippen LogP contribution < -0.4 is 16.0 Å². The first kappa shape index (κ1) is 35.2. The maximum atomic E-state index is 12.1. The highest BCUT2D eigenvalue weighted by Gasteiger charge is 2.20. The molecule has 0 saturated carbocycles. The number of amides is 3.